The van der Waals surface area contributed by atoms with Gasteiger partial charge in [0.15, 0.2) is 0 Å². The number of carbonyl (C=O) groups is 1. The highest BCUT2D eigenvalue weighted by atomic mass is 32.2. The molecular formula is C25H25N3O4S3. The molecule has 1 aromatic carbocycles. The number of aryl methyl sites for hydroxylation is 2. The summed E-state index contributed by atoms with van der Waals surface area (Å²) in [6.07, 6.45) is 8.05. The molecule has 0 saturated heterocycles. The second-order valence-electron chi connectivity index (χ2n) is 7.86. The van der Waals surface area contributed by atoms with Crippen molar-refractivity contribution in [2.45, 2.75) is 20.8 Å². The fourth-order valence-corrected chi connectivity index (χ4v) is 6.39. The second kappa shape index (κ2) is 10.2. The number of hydrogen-bond acceptors (Lipinski definition) is 7. The van der Waals surface area contributed by atoms with Gasteiger partial charge in [0.1, 0.15) is 10.8 Å². The van der Waals surface area contributed by atoms with Gasteiger partial charge in [-0.3, -0.25) is 9.29 Å². The van der Waals surface area contributed by atoms with Crippen LogP contribution in [0.4, 0.5) is 5.69 Å². The molecule has 0 saturated carbocycles. The Balaban J connectivity index is 1.81. The molecule has 0 bridgehead atoms. The first-order valence-electron chi connectivity index (χ1n) is 10.8. The summed E-state index contributed by atoms with van der Waals surface area (Å²) in [4.78, 5) is 18.3. The van der Waals surface area contributed by atoms with Crippen molar-refractivity contribution in [2.75, 3.05) is 17.6 Å². The number of hydrogen-bond donors (Lipinski definition) is 1. The summed E-state index contributed by atoms with van der Waals surface area (Å²) in [5.74, 6) is 0.513. The number of carbonyl (C=O) groups excluding carboxylic acids is 1. The van der Waals surface area contributed by atoms with E-state index in [0.717, 1.165) is 49.1 Å². The summed E-state index contributed by atoms with van der Waals surface area (Å²) >= 11 is 3.19. The van der Waals surface area contributed by atoms with Crippen molar-refractivity contribution in [3.63, 3.8) is 0 Å². The lowest BCUT2D eigenvalue weighted by Crippen LogP contribution is -2.09. The van der Waals surface area contributed by atoms with Crippen molar-refractivity contribution in [1.82, 2.24) is 9.55 Å². The van der Waals surface area contributed by atoms with Gasteiger partial charge in [-0.15, -0.1) is 22.7 Å². The third-order valence-electron chi connectivity index (χ3n) is 5.20. The zero-order chi connectivity index (χ0) is 25.2. The molecule has 0 unspecified atom stereocenters. The Hall–Kier alpha value is -3.21. The van der Waals surface area contributed by atoms with Crippen molar-refractivity contribution >= 4 is 50.4 Å². The van der Waals surface area contributed by atoms with Crippen LogP contribution in [0.1, 0.15) is 23.2 Å². The summed E-state index contributed by atoms with van der Waals surface area (Å²) in [7, 11) is -3.38. The van der Waals surface area contributed by atoms with Crippen molar-refractivity contribution in [2.24, 2.45) is 0 Å². The smallest absolute Gasteiger partial charge is 0.330 e. The van der Waals surface area contributed by atoms with E-state index >= 15 is 0 Å². The number of rotatable bonds is 8. The van der Waals surface area contributed by atoms with E-state index in [4.69, 9.17) is 4.74 Å². The minimum Gasteiger partial charge on any atom is -0.463 e. The summed E-state index contributed by atoms with van der Waals surface area (Å²) in [6.45, 7) is 5.98. The topological polar surface area (TPSA) is 90.3 Å². The standard InChI is InChI=1S/C25H25N3O4S3/c1-5-32-24(29)11-9-22-25(19-7-6-18(14-16(19)2)27-35(4,30)31)20(15-33-22)21-8-10-23(34-21)28-13-12-26-17(28)3/h6-15,27H,5H2,1-4H3/b11-9+. The van der Waals surface area contributed by atoms with Gasteiger partial charge in [0.25, 0.3) is 0 Å². The Morgan fingerprint density at radius 3 is 2.66 bits per heavy atom. The van der Waals surface area contributed by atoms with E-state index in [1.165, 1.54) is 6.08 Å². The second-order valence-corrected chi connectivity index (χ2v) is 11.6. The lowest BCUT2D eigenvalue weighted by molar-refractivity contribution is -0.137. The Kier molecular flexibility index (Phi) is 7.25. The molecule has 0 aliphatic carbocycles. The zero-order valence-electron chi connectivity index (χ0n) is 19.7. The van der Waals surface area contributed by atoms with E-state index in [1.807, 2.05) is 36.7 Å². The summed E-state index contributed by atoms with van der Waals surface area (Å²) in [5, 5.41) is 3.14. The molecule has 0 spiro atoms. The van der Waals surface area contributed by atoms with Gasteiger partial charge in [0, 0.05) is 50.4 Å². The predicted octanol–water partition coefficient (Wildman–Crippen LogP) is 5.89. The number of ether oxygens (including phenoxy) is 1. The fourth-order valence-electron chi connectivity index (χ4n) is 3.72. The van der Waals surface area contributed by atoms with Gasteiger partial charge >= 0.3 is 5.97 Å². The number of imidazole rings is 1. The predicted molar refractivity (Wildman–Crippen MR) is 144 cm³/mol. The number of anilines is 1. The number of nitrogens with zero attached hydrogens (tertiary/aromatic N) is 2. The molecule has 10 heteroatoms. The molecule has 0 aliphatic heterocycles. The van der Waals surface area contributed by atoms with Crippen molar-refractivity contribution in [3.8, 4) is 26.6 Å². The van der Waals surface area contributed by atoms with E-state index < -0.39 is 16.0 Å². The normalized spacial score (nSPS) is 11.8. The Labute approximate surface area is 212 Å². The molecule has 7 nitrogen and oxygen atoms in total. The quantitative estimate of drug-likeness (QED) is 0.228. The van der Waals surface area contributed by atoms with Crippen LogP contribution in [-0.4, -0.2) is 36.8 Å². The van der Waals surface area contributed by atoms with E-state index in [-0.39, 0.29) is 0 Å². The SMILES string of the molecule is CCOC(=O)/C=C/c1scc(-c2ccc(-n3ccnc3C)s2)c1-c1ccc(NS(C)(=O)=O)cc1C. The van der Waals surface area contributed by atoms with Crippen molar-refractivity contribution in [1.29, 1.82) is 0 Å². The van der Waals surface area contributed by atoms with Gasteiger partial charge in [-0.25, -0.2) is 18.2 Å². The Morgan fingerprint density at radius 2 is 2.00 bits per heavy atom. The monoisotopic (exact) mass is 527 g/mol. The summed E-state index contributed by atoms with van der Waals surface area (Å²) in [6, 6.07) is 9.61. The van der Waals surface area contributed by atoms with E-state index in [9.17, 15) is 13.2 Å². The molecule has 0 fully saturated rings. The zero-order valence-corrected chi connectivity index (χ0v) is 22.2. The van der Waals surface area contributed by atoms with Crippen LogP contribution >= 0.6 is 22.7 Å². The maximum Gasteiger partial charge on any atom is 0.330 e. The van der Waals surface area contributed by atoms with E-state index in [1.54, 1.807) is 47.9 Å². The lowest BCUT2D eigenvalue weighted by Gasteiger charge is -2.12. The number of nitrogens with one attached hydrogen (secondary N) is 1. The Morgan fingerprint density at radius 1 is 1.20 bits per heavy atom. The fraction of sp³-hybridized carbons (Fsp3) is 0.200. The number of thiophene rings is 2. The molecule has 4 aromatic rings. The molecule has 0 atom stereocenters. The molecule has 0 radical (unpaired) electrons. The largest absolute Gasteiger partial charge is 0.463 e. The maximum atomic E-state index is 12.0. The number of benzene rings is 1. The highest BCUT2D eigenvalue weighted by Crippen LogP contribution is 2.44. The first kappa shape index (κ1) is 24.9. The highest BCUT2D eigenvalue weighted by Gasteiger charge is 2.19. The number of esters is 1. The van der Waals surface area contributed by atoms with Crippen LogP contribution in [-0.2, 0) is 19.6 Å². The highest BCUT2D eigenvalue weighted by molar-refractivity contribution is 7.92. The van der Waals surface area contributed by atoms with Crippen LogP contribution in [0.2, 0.25) is 0 Å². The average molecular weight is 528 g/mol. The van der Waals surface area contributed by atoms with Gasteiger partial charge in [0.2, 0.25) is 10.0 Å². The molecule has 35 heavy (non-hydrogen) atoms. The Bertz CT molecular complexity index is 1510. The van der Waals surface area contributed by atoms with Crippen LogP contribution in [0.3, 0.4) is 0 Å². The number of sulfonamides is 1. The third-order valence-corrected chi connectivity index (χ3v) is 7.87. The summed E-state index contributed by atoms with van der Waals surface area (Å²) in [5.41, 5.74) is 4.39. The maximum absolute atomic E-state index is 12.0. The van der Waals surface area contributed by atoms with Crippen LogP contribution in [0.5, 0.6) is 0 Å². The molecule has 3 heterocycles. The molecular weight excluding hydrogens is 502 g/mol. The summed E-state index contributed by atoms with van der Waals surface area (Å²) < 4.78 is 33.0. The average Bonchev–Trinajstić information content (AvgIpc) is 3.50. The van der Waals surface area contributed by atoms with Gasteiger partial charge in [-0.1, -0.05) is 6.07 Å². The molecule has 1 N–H and O–H groups in total. The van der Waals surface area contributed by atoms with Gasteiger partial charge < -0.3 is 4.74 Å². The molecule has 0 aliphatic rings. The lowest BCUT2D eigenvalue weighted by atomic mass is 9.96. The van der Waals surface area contributed by atoms with Gasteiger partial charge in [-0.05, 0) is 62.2 Å². The molecule has 182 valence electrons. The van der Waals surface area contributed by atoms with Crippen molar-refractivity contribution < 1.29 is 17.9 Å². The van der Waals surface area contributed by atoms with Crippen LogP contribution in [0.25, 0.3) is 32.6 Å². The first-order chi connectivity index (χ1) is 16.7. The third kappa shape index (κ3) is 5.72. The van der Waals surface area contributed by atoms with Crippen LogP contribution in [0, 0.1) is 13.8 Å². The van der Waals surface area contributed by atoms with Gasteiger partial charge in [0.05, 0.1) is 12.9 Å². The molecule has 4 rings (SSSR count). The molecule has 3 aromatic heterocycles. The molecule has 0 amide bonds. The van der Waals surface area contributed by atoms with Gasteiger partial charge in [-0.2, -0.15) is 0 Å². The van der Waals surface area contributed by atoms with E-state index in [2.05, 4.69) is 27.2 Å². The van der Waals surface area contributed by atoms with Crippen molar-refractivity contribution in [3.05, 3.63) is 70.4 Å². The minimum absolute atomic E-state index is 0.311. The van der Waals surface area contributed by atoms with Crippen LogP contribution < -0.4 is 4.72 Å². The van der Waals surface area contributed by atoms with Crippen LogP contribution in [0.15, 0.2) is 54.2 Å². The first-order valence-corrected chi connectivity index (χ1v) is 14.4. The number of aromatic nitrogens is 2. The van der Waals surface area contributed by atoms with E-state index in [0.29, 0.717) is 12.3 Å². The minimum atomic E-state index is -3.38.